The van der Waals surface area contributed by atoms with Gasteiger partial charge in [-0.2, -0.15) is 0 Å². The summed E-state index contributed by atoms with van der Waals surface area (Å²) in [5.74, 6) is 2.16. The van der Waals surface area contributed by atoms with Crippen molar-refractivity contribution in [2.75, 3.05) is 26.4 Å². The first kappa shape index (κ1) is 45.1. The van der Waals surface area contributed by atoms with E-state index in [0.29, 0.717) is 49.4 Å². The Morgan fingerprint density at radius 1 is 0.380 bits per heavy atom. The standard InChI is InChI=1S/C38H68O12/c1-27(2)17-9-13-21-43-35(39)47-31-25-33(49-37(41)45-23-15-11-19-29(5)6)34(50-38(42)46-24-16-12-20-30(7)8)26-32(31)48-36(40)44-22-14-10-18-28(3)4/h27-34H,9-26H2,1-8H3. The molecular formula is C38H68O12. The largest absolute Gasteiger partial charge is 0.508 e. The molecule has 0 N–H and O–H groups in total. The van der Waals surface area contributed by atoms with E-state index < -0.39 is 49.0 Å². The molecule has 0 saturated heterocycles. The molecule has 4 unspecified atom stereocenters. The van der Waals surface area contributed by atoms with Crippen LogP contribution in [0.25, 0.3) is 0 Å². The molecule has 1 fully saturated rings. The summed E-state index contributed by atoms with van der Waals surface area (Å²) in [6.45, 7) is 17.7. The van der Waals surface area contributed by atoms with Gasteiger partial charge >= 0.3 is 24.6 Å². The van der Waals surface area contributed by atoms with E-state index in [2.05, 4.69) is 55.4 Å². The number of rotatable bonds is 24. The third-order valence-electron chi connectivity index (χ3n) is 8.33. The van der Waals surface area contributed by atoms with Crippen molar-refractivity contribution in [3.05, 3.63) is 0 Å². The predicted molar refractivity (Wildman–Crippen MR) is 189 cm³/mol. The SMILES string of the molecule is CC(C)CCCCOC(=O)OC1CC(OC(=O)OCCCCC(C)C)C(OC(=O)OCCCCC(C)C)CC1OC(=O)OCCCCC(C)C. The molecule has 0 radical (unpaired) electrons. The molecule has 1 aliphatic rings. The van der Waals surface area contributed by atoms with Crippen molar-refractivity contribution in [2.45, 2.75) is 170 Å². The zero-order valence-corrected chi connectivity index (χ0v) is 32.2. The number of ether oxygens (including phenoxy) is 8. The fourth-order valence-electron chi connectivity index (χ4n) is 5.43. The van der Waals surface area contributed by atoms with E-state index >= 15 is 0 Å². The molecule has 0 heterocycles. The number of unbranched alkanes of at least 4 members (excludes halogenated alkanes) is 4. The third-order valence-corrected chi connectivity index (χ3v) is 8.33. The Bertz CT molecular complexity index is 789. The molecule has 1 aliphatic carbocycles. The van der Waals surface area contributed by atoms with Gasteiger partial charge in [0.05, 0.1) is 26.4 Å². The summed E-state index contributed by atoms with van der Waals surface area (Å²) < 4.78 is 43.7. The monoisotopic (exact) mass is 716 g/mol. The van der Waals surface area contributed by atoms with E-state index in [9.17, 15) is 19.2 Å². The van der Waals surface area contributed by atoms with Crippen molar-refractivity contribution >= 4 is 24.6 Å². The lowest BCUT2D eigenvalue weighted by molar-refractivity contribution is -0.142. The summed E-state index contributed by atoms with van der Waals surface area (Å²) >= 11 is 0. The molecule has 0 spiro atoms. The summed E-state index contributed by atoms with van der Waals surface area (Å²) in [4.78, 5) is 50.9. The molecule has 0 aromatic carbocycles. The average Bonchev–Trinajstić information content (AvgIpc) is 3.01. The van der Waals surface area contributed by atoms with E-state index in [1.54, 1.807) is 0 Å². The Morgan fingerprint density at radius 3 is 0.760 bits per heavy atom. The lowest BCUT2D eigenvalue weighted by Crippen LogP contribution is -2.51. The fraction of sp³-hybridized carbons (Fsp3) is 0.895. The lowest BCUT2D eigenvalue weighted by atomic mass is 9.89. The van der Waals surface area contributed by atoms with Gasteiger partial charge in [-0.15, -0.1) is 0 Å². The highest BCUT2D eigenvalue weighted by Crippen LogP contribution is 2.31. The van der Waals surface area contributed by atoms with Gasteiger partial charge in [-0.25, -0.2) is 19.2 Å². The molecule has 12 heteroatoms. The summed E-state index contributed by atoms with van der Waals surface area (Å²) in [5.41, 5.74) is 0. The Labute approximate surface area is 301 Å². The molecule has 0 aromatic heterocycles. The zero-order chi connectivity index (χ0) is 37.3. The molecule has 1 rings (SSSR count). The van der Waals surface area contributed by atoms with Gasteiger partial charge in [0.25, 0.3) is 0 Å². The summed E-state index contributed by atoms with van der Waals surface area (Å²) in [5, 5.41) is 0. The third kappa shape index (κ3) is 23.5. The first-order valence-corrected chi connectivity index (χ1v) is 19.1. The normalized spacial score (nSPS) is 19.0. The summed E-state index contributed by atoms with van der Waals surface area (Å²) in [6, 6.07) is 0. The quantitative estimate of drug-likeness (QED) is 0.0533. The van der Waals surface area contributed by atoms with Gasteiger partial charge in [-0.3, -0.25) is 0 Å². The second kappa shape index (κ2) is 26.8. The fourth-order valence-corrected chi connectivity index (χ4v) is 5.43. The molecule has 50 heavy (non-hydrogen) atoms. The van der Waals surface area contributed by atoms with Crippen LogP contribution in [0.4, 0.5) is 19.2 Å². The maximum atomic E-state index is 12.7. The van der Waals surface area contributed by atoms with Crippen LogP contribution in [0.5, 0.6) is 0 Å². The van der Waals surface area contributed by atoms with Crippen LogP contribution in [0, 0.1) is 23.7 Å². The molecule has 0 bridgehead atoms. The van der Waals surface area contributed by atoms with Gasteiger partial charge in [0.1, 0.15) is 24.4 Å². The van der Waals surface area contributed by atoms with E-state index in [1.165, 1.54) is 0 Å². The van der Waals surface area contributed by atoms with Crippen LogP contribution in [-0.4, -0.2) is 75.5 Å². The first-order chi connectivity index (χ1) is 23.8. The average molecular weight is 717 g/mol. The minimum absolute atomic E-state index is 0.149. The molecule has 1 saturated carbocycles. The van der Waals surface area contributed by atoms with Crippen LogP contribution < -0.4 is 0 Å². The lowest BCUT2D eigenvalue weighted by Gasteiger charge is -2.38. The van der Waals surface area contributed by atoms with E-state index in [0.717, 1.165) is 51.4 Å². The summed E-state index contributed by atoms with van der Waals surface area (Å²) in [6.07, 6.45) is 1.89. The minimum atomic E-state index is -1.08. The van der Waals surface area contributed by atoms with Gasteiger partial charge in [0, 0.05) is 12.8 Å². The number of carbonyl (C=O) groups excluding carboxylic acids is 4. The highest BCUT2D eigenvalue weighted by Gasteiger charge is 2.46. The summed E-state index contributed by atoms with van der Waals surface area (Å²) in [7, 11) is 0. The maximum Gasteiger partial charge on any atom is 0.508 e. The van der Waals surface area contributed by atoms with Crippen LogP contribution in [0.15, 0.2) is 0 Å². The van der Waals surface area contributed by atoms with Crippen molar-refractivity contribution in [3.63, 3.8) is 0 Å². The number of hydrogen-bond donors (Lipinski definition) is 0. The Morgan fingerprint density at radius 2 is 0.580 bits per heavy atom. The Hall–Kier alpha value is -2.92. The van der Waals surface area contributed by atoms with Crippen molar-refractivity contribution in [1.82, 2.24) is 0 Å². The molecule has 0 aliphatic heterocycles. The first-order valence-electron chi connectivity index (χ1n) is 19.1. The topological polar surface area (TPSA) is 142 Å². The molecule has 4 atom stereocenters. The Balaban J connectivity index is 3.00. The van der Waals surface area contributed by atoms with E-state index in [-0.39, 0.29) is 39.3 Å². The number of carbonyl (C=O) groups is 4. The Kier molecular flexibility index (Phi) is 24.2. The van der Waals surface area contributed by atoms with Crippen molar-refractivity contribution < 1.29 is 57.1 Å². The number of hydrogen-bond acceptors (Lipinski definition) is 12. The van der Waals surface area contributed by atoms with E-state index in [1.807, 2.05) is 0 Å². The van der Waals surface area contributed by atoms with Crippen LogP contribution in [0.3, 0.4) is 0 Å². The highest BCUT2D eigenvalue weighted by molar-refractivity contribution is 5.63. The maximum absolute atomic E-state index is 12.7. The highest BCUT2D eigenvalue weighted by atomic mass is 16.8. The van der Waals surface area contributed by atoms with Gasteiger partial charge in [-0.05, 0) is 75.0 Å². The molecule has 292 valence electrons. The molecule has 0 amide bonds. The molecule has 0 aromatic rings. The van der Waals surface area contributed by atoms with Crippen molar-refractivity contribution in [3.8, 4) is 0 Å². The molecular weight excluding hydrogens is 648 g/mol. The van der Waals surface area contributed by atoms with Crippen molar-refractivity contribution in [1.29, 1.82) is 0 Å². The van der Waals surface area contributed by atoms with Crippen LogP contribution in [-0.2, 0) is 37.9 Å². The van der Waals surface area contributed by atoms with Crippen LogP contribution in [0.2, 0.25) is 0 Å². The minimum Gasteiger partial charge on any atom is -0.434 e. The van der Waals surface area contributed by atoms with Crippen LogP contribution in [0.1, 0.15) is 145 Å². The van der Waals surface area contributed by atoms with E-state index in [4.69, 9.17) is 37.9 Å². The predicted octanol–water partition coefficient (Wildman–Crippen LogP) is 10.2. The van der Waals surface area contributed by atoms with Crippen LogP contribution >= 0.6 is 0 Å². The van der Waals surface area contributed by atoms with Gasteiger partial charge in [0.2, 0.25) is 0 Å². The van der Waals surface area contributed by atoms with Gasteiger partial charge in [0.15, 0.2) is 0 Å². The van der Waals surface area contributed by atoms with Gasteiger partial charge in [-0.1, -0.05) is 81.1 Å². The second-order valence-electron chi connectivity index (χ2n) is 15.0. The molecule has 12 nitrogen and oxygen atoms in total. The second-order valence-corrected chi connectivity index (χ2v) is 15.0. The smallest absolute Gasteiger partial charge is 0.434 e. The zero-order valence-electron chi connectivity index (χ0n) is 32.2. The van der Waals surface area contributed by atoms with Crippen molar-refractivity contribution in [2.24, 2.45) is 23.7 Å². The van der Waals surface area contributed by atoms with Gasteiger partial charge < -0.3 is 37.9 Å².